The molecule has 0 radical (unpaired) electrons. The van der Waals surface area contributed by atoms with Gasteiger partial charge in [0, 0.05) is 12.1 Å². The third-order valence-corrected chi connectivity index (χ3v) is 5.16. The highest BCUT2D eigenvalue weighted by atomic mass is 35.5. The maximum Gasteiger partial charge on any atom is 0.422 e. The van der Waals surface area contributed by atoms with E-state index in [1.54, 1.807) is 6.07 Å². The molecule has 5 nitrogen and oxygen atoms in total. The summed E-state index contributed by atoms with van der Waals surface area (Å²) in [6, 6.07) is 8.57. The van der Waals surface area contributed by atoms with Crippen LogP contribution in [0.1, 0.15) is 15.9 Å². The van der Waals surface area contributed by atoms with E-state index >= 15 is 0 Å². The fourth-order valence-corrected chi connectivity index (χ4v) is 3.52. The van der Waals surface area contributed by atoms with Crippen LogP contribution in [0.25, 0.3) is 11.3 Å². The maximum absolute atomic E-state index is 15.0. The molecule has 0 fully saturated rings. The molecule has 0 unspecified atom stereocenters. The Labute approximate surface area is 189 Å². The Morgan fingerprint density at radius 3 is 2.67 bits per heavy atom. The second-order valence-corrected chi connectivity index (χ2v) is 7.57. The highest BCUT2D eigenvalue weighted by Crippen LogP contribution is 2.34. The first kappa shape index (κ1) is 22.8. The number of amides is 1. The number of hydrogen-bond acceptors (Lipinski definition) is 4. The van der Waals surface area contributed by atoms with Gasteiger partial charge in [-0.15, -0.1) is 0 Å². The molecule has 0 bridgehead atoms. The first-order chi connectivity index (χ1) is 15.6. The number of ether oxygens (including phenoxy) is 1. The van der Waals surface area contributed by atoms with E-state index in [2.05, 4.69) is 15.6 Å². The molecule has 3 aromatic rings. The van der Waals surface area contributed by atoms with Crippen molar-refractivity contribution in [3.8, 4) is 17.0 Å². The lowest BCUT2D eigenvalue weighted by Gasteiger charge is -2.16. The number of carbonyl (C=O) groups excluding carboxylic acids is 1. The van der Waals surface area contributed by atoms with Gasteiger partial charge >= 0.3 is 6.18 Å². The molecule has 0 atom stereocenters. The Morgan fingerprint density at radius 1 is 1.15 bits per heavy atom. The van der Waals surface area contributed by atoms with Crippen LogP contribution in [0.5, 0.6) is 5.75 Å². The van der Waals surface area contributed by atoms with Crippen molar-refractivity contribution in [3.63, 3.8) is 0 Å². The predicted molar refractivity (Wildman–Crippen MR) is 113 cm³/mol. The molecule has 11 heteroatoms. The van der Waals surface area contributed by atoms with Crippen molar-refractivity contribution in [2.24, 2.45) is 0 Å². The molecule has 0 aliphatic carbocycles. The third kappa shape index (κ3) is 5.00. The lowest BCUT2D eigenvalue weighted by atomic mass is 10.0. The van der Waals surface area contributed by atoms with E-state index in [9.17, 15) is 26.7 Å². The standard InChI is InChI=1S/C22H15ClF5N3O2/c23-14-2-1-3-15(24)19(14)31-21(32)13-8-16(25)12(9-18(13)33-10-22(26,27)28)17-5-4-11-6-7-29-20(11)30-17/h1-5,8-9H,6-7,10H2,(H,29,30)(H,31,32). The lowest BCUT2D eigenvalue weighted by molar-refractivity contribution is -0.153. The number of pyridine rings is 1. The molecule has 2 heterocycles. The molecule has 0 saturated carbocycles. The number of aromatic nitrogens is 1. The van der Waals surface area contributed by atoms with E-state index in [0.717, 1.165) is 24.1 Å². The molecule has 172 valence electrons. The average molecular weight is 484 g/mol. The molecule has 0 saturated heterocycles. The van der Waals surface area contributed by atoms with Crippen molar-refractivity contribution in [2.75, 3.05) is 23.8 Å². The third-order valence-electron chi connectivity index (χ3n) is 4.85. The summed E-state index contributed by atoms with van der Waals surface area (Å²) in [5, 5.41) is 5.04. The Morgan fingerprint density at radius 2 is 1.94 bits per heavy atom. The Hall–Kier alpha value is -3.40. The molecule has 1 aliphatic heterocycles. The van der Waals surface area contributed by atoms with Crippen LogP contribution in [0, 0.1) is 11.6 Å². The molecule has 1 aliphatic rings. The zero-order valence-corrected chi connectivity index (χ0v) is 17.5. The number of para-hydroxylation sites is 1. The minimum atomic E-state index is -4.72. The van der Waals surface area contributed by atoms with Crippen LogP contribution in [0.15, 0.2) is 42.5 Å². The molecule has 0 spiro atoms. The molecule has 2 N–H and O–H groups in total. The van der Waals surface area contributed by atoms with Gasteiger partial charge in [0.15, 0.2) is 6.61 Å². The zero-order valence-electron chi connectivity index (χ0n) is 16.7. The fourth-order valence-electron chi connectivity index (χ4n) is 3.31. The van der Waals surface area contributed by atoms with Crippen LogP contribution in [-0.2, 0) is 6.42 Å². The van der Waals surface area contributed by atoms with Gasteiger partial charge in [-0.1, -0.05) is 23.7 Å². The SMILES string of the molecule is O=C(Nc1c(F)cccc1Cl)c1cc(F)c(-c2ccc3c(n2)NCC3)cc1OCC(F)(F)F. The largest absolute Gasteiger partial charge is 0.483 e. The van der Waals surface area contributed by atoms with Gasteiger partial charge in [0.2, 0.25) is 0 Å². The molecule has 2 aromatic carbocycles. The summed E-state index contributed by atoms with van der Waals surface area (Å²) in [5.41, 5.74) is -0.0721. The van der Waals surface area contributed by atoms with Crippen molar-refractivity contribution < 1.29 is 31.5 Å². The number of rotatable bonds is 5. The van der Waals surface area contributed by atoms with Crippen molar-refractivity contribution in [1.29, 1.82) is 0 Å². The number of nitrogens with zero attached hydrogens (tertiary/aromatic N) is 1. The van der Waals surface area contributed by atoms with E-state index in [0.29, 0.717) is 18.4 Å². The number of fused-ring (bicyclic) bond motifs is 1. The summed E-state index contributed by atoms with van der Waals surface area (Å²) in [4.78, 5) is 17.0. The highest BCUT2D eigenvalue weighted by Gasteiger charge is 2.30. The van der Waals surface area contributed by atoms with Crippen molar-refractivity contribution >= 4 is 29.0 Å². The van der Waals surface area contributed by atoms with Gasteiger partial charge in [-0.3, -0.25) is 4.79 Å². The lowest BCUT2D eigenvalue weighted by Crippen LogP contribution is -2.22. The number of carbonyl (C=O) groups is 1. The van der Waals surface area contributed by atoms with Crippen LogP contribution in [-0.4, -0.2) is 30.2 Å². The van der Waals surface area contributed by atoms with Crippen LogP contribution in [0.3, 0.4) is 0 Å². The zero-order chi connectivity index (χ0) is 23.8. The Kier molecular flexibility index (Phi) is 6.11. The Balaban J connectivity index is 1.74. The Bertz CT molecular complexity index is 1210. The maximum atomic E-state index is 15.0. The van der Waals surface area contributed by atoms with Gasteiger partial charge in [-0.25, -0.2) is 13.8 Å². The van der Waals surface area contributed by atoms with Gasteiger partial charge < -0.3 is 15.4 Å². The quantitative estimate of drug-likeness (QED) is 0.447. The first-order valence-corrected chi connectivity index (χ1v) is 10.0. The van der Waals surface area contributed by atoms with E-state index in [4.69, 9.17) is 16.3 Å². The number of benzene rings is 2. The van der Waals surface area contributed by atoms with Gasteiger partial charge in [-0.2, -0.15) is 13.2 Å². The topological polar surface area (TPSA) is 63.2 Å². The molecule has 33 heavy (non-hydrogen) atoms. The van der Waals surface area contributed by atoms with Crippen molar-refractivity contribution in [3.05, 3.63) is 70.2 Å². The summed E-state index contributed by atoms with van der Waals surface area (Å²) in [7, 11) is 0. The van der Waals surface area contributed by atoms with Crippen LogP contribution in [0.4, 0.5) is 33.5 Å². The number of anilines is 2. The molecular formula is C22H15ClF5N3O2. The normalized spacial score (nSPS) is 12.8. The number of alkyl halides is 3. The van der Waals surface area contributed by atoms with Crippen LogP contribution < -0.4 is 15.4 Å². The number of halogens is 6. The summed E-state index contributed by atoms with van der Waals surface area (Å²) in [6.07, 6.45) is -3.98. The van der Waals surface area contributed by atoms with Crippen LogP contribution in [0.2, 0.25) is 5.02 Å². The number of nitrogens with one attached hydrogen (secondary N) is 2. The average Bonchev–Trinajstić information content (AvgIpc) is 3.22. The molecule has 1 aromatic heterocycles. The van der Waals surface area contributed by atoms with E-state index in [1.807, 2.05) is 0 Å². The first-order valence-electron chi connectivity index (χ1n) is 9.65. The molecule has 4 rings (SSSR count). The van der Waals surface area contributed by atoms with Crippen molar-refractivity contribution in [2.45, 2.75) is 12.6 Å². The highest BCUT2D eigenvalue weighted by molar-refractivity contribution is 6.34. The fraction of sp³-hybridized carbons (Fsp3) is 0.182. The smallest absolute Gasteiger partial charge is 0.422 e. The predicted octanol–water partition coefficient (Wildman–Crippen LogP) is 5.84. The van der Waals surface area contributed by atoms with E-state index in [1.165, 1.54) is 18.2 Å². The molecule has 1 amide bonds. The monoisotopic (exact) mass is 483 g/mol. The van der Waals surface area contributed by atoms with E-state index in [-0.39, 0.29) is 16.3 Å². The molecular weight excluding hydrogens is 469 g/mol. The van der Waals surface area contributed by atoms with Gasteiger partial charge in [0.1, 0.15) is 23.2 Å². The minimum Gasteiger partial charge on any atom is -0.483 e. The number of hydrogen-bond donors (Lipinski definition) is 2. The van der Waals surface area contributed by atoms with Gasteiger partial charge in [0.25, 0.3) is 5.91 Å². The minimum absolute atomic E-state index is 0.140. The summed E-state index contributed by atoms with van der Waals surface area (Å²) < 4.78 is 72.2. The van der Waals surface area contributed by atoms with Gasteiger partial charge in [0.05, 0.1) is 22.0 Å². The second-order valence-electron chi connectivity index (χ2n) is 7.16. The van der Waals surface area contributed by atoms with E-state index < -0.39 is 47.3 Å². The summed E-state index contributed by atoms with van der Waals surface area (Å²) in [5.74, 6) is -2.91. The van der Waals surface area contributed by atoms with Crippen molar-refractivity contribution in [1.82, 2.24) is 4.98 Å². The second kappa shape index (κ2) is 8.86. The van der Waals surface area contributed by atoms with Gasteiger partial charge in [-0.05, 0) is 42.3 Å². The summed E-state index contributed by atoms with van der Waals surface area (Å²) in [6.45, 7) is -1.07. The summed E-state index contributed by atoms with van der Waals surface area (Å²) >= 11 is 5.88. The van der Waals surface area contributed by atoms with Crippen LogP contribution >= 0.6 is 11.6 Å².